The summed E-state index contributed by atoms with van der Waals surface area (Å²) in [4.78, 5) is 32.5. The molecule has 1 atom stereocenters. The second kappa shape index (κ2) is 12.8. The van der Waals surface area contributed by atoms with E-state index in [2.05, 4.69) is 18.7 Å². The number of anilines is 1. The summed E-state index contributed by atoms with van der Waals surface area (Å²) in [5.74, 6) is -0.793. The SMILES string of the molecule is CCN(CC)CCN1C(=O)C(=O)C(=C(O)c2ccc(OCc3ccccc3C)cc2)C1c1ccc(N(C)C)cc1. The maximum absolute atomic E-state index is 13.4. The highest BCUT2D eigenvalue weighted by molar-refractivity contribution is 6.46. The van der Waals surface area contributed by atoms with Gasteiger partial charge in [-0.2, -0.15) is 0 Å². The molecule has 1 fully saturated rings. The monoisotopic (exact) mass is 541 g/mol. The summed E-state index contributed by atoms with van der Waals surface area (Å²) in [5, 5.41) is 11.4. The number of amides is 1. The smallest absolute Gasteiger partial charge is 0.295 e. The molecule has 40 heavy (non-hydrogen) atoms. The zero-order chi connectivity index (χ0) is 28.8. The van der Waals surface area contributed by atoms with Crippen LogP contribution in [0.15, 0.2) is 78.4 Å². The normalized spacial score (nSPS) is 16.6. The number of rotatable bonds is 11. The third kappa shape index (κ3) is 6.20. The fraction of sp³-hybridized carbons (Fsp3) is 0.333. The van der Waals surface area contributed by atoms with Crippen LogP contribution in [0.3, 0.4) is 0 Å². The molecule has 0 bridgehead atoms. The van der Waals surface area contributed by atoms with E-state index < -0.39 is 17.7 Å². The fourth-order valence-electron chi connectivity index (χ4n) is 5.00. The van der Waals surface area contributed by atoms with Crippen LogP contribution in [0.2, 0.25) is 0 Å². The van der Waals surface area contributed by atoms with E-state index in [1.54, 1.807) is 29.2 Å². The van der Waals surface area contributed by atoms with Gasteiger partial charge in [0.25, 0.3) is 11.7 Å². The number of aryl methyl sites for hydroxylation is 1. The van der Waals surface area contributed by atoms with Gasteiger partial charge in [-0.25, -0.2) is 0 Å². The number of carbonyl (C=O) groups excluding carboxylic acids is 2. The van der Waals surface area contributed by atoms with E-state index in [9.17, 15) is 14.7 Å². The van der Waals surface area contributed by atoms with Gasteiger partial charge in [0.05, 0.1) is 11.6 Å². The minimum atomic E-state index is -0.677. The van der Waals surface area contributed by atoms with Crippen molar-refractivity contribution in [1.82, 2.24) is 9.80 Å². The van der Waals surface area contributed by atoms with Crippen LogP contribution < -0.4 is 9.64 Å². The number of ketones is 1. The Bertz CT molecular complexity index is 1360. The minimum Gasteiger partial charge on any atom is -0.507 e. The molecule has 0 radical (unpaired) electrons. The topological polar surface area (TPSA) is 73.3 Å². The second-order valence-corrected chi connectivity index (χ2v) is 10.2. The molecule has 4 rings (SSSR count). The van der Waals surface area contributed by atoms with E-state index in [0.717, 1.165) is 35.5 Å². The summed E-state index contributed by atoms with van der Waals surface area (Å²) < 4.78 is 5.95. The van der Waals surface area contributed by atoms with Gasteiger partial charge in [0, 0.05) is 38.4 Å². The molecule has 0 saturated carbocycles. The van der Waals surface area contributed by atoms with Crippen molar-refractivity contribution in [2.75, 3.05) is 45.2 Å². The highest BCUT2D eigenvalue weighted by atomic mass is 16.5. The van der Waals surface area contributed by atoms with Crippen molar-refractivity contribution < 1.29 is 19.4 Å². The number of ether oxygens (including phenoxy) is 1. The van der Waals surface area contributed by atoms with E-state index in [1.165, 1.54) is 0 Å². The lowest BCUT2D eigenvalue weighted by molar-refractivity contribution is -0.140. The lowest BCUT2D eigenvalue weighted by atomic mass is 9.95. The number of hydrogen-bond donors (Lipinski definition) is 1. The first-order valence-corrected chi connectivity index (χ1v) is 13.8. The predicted octanol–water partition coefficient (Wildman–Crippen LogP) is 5.40. The molecule has 1 amide bonds. The van der Waals surface area contributed by atoms with Crippen molar-refractivity contribution >= 4 is 23.1 Å². The lowest BCUT2D eigenvalue weighted by Gasteiger charge is -2.28. The highest BCUT2D eigenvalue weighted by Gasteiger charge is 2.46. The standard InChI is InChI=1S/C33H39N3O4/c1-6-35(7-2)20-21-36-30(24-12-16-27(17-13-24)34(4)5)29(32(38)33(36)39)31(37)25-14-18-28(19-15-25)40-22-26-11-9-8-10-23(26)3/h8-19,30,37H,6-7,20-22H2,1-5H3. The number of aliphatic hydroxyl groups excluding tert-OH is 1. The van der Waals surface area contributed by atoms with Gasteiger partial charge in [-0.15, -0.1) is 0 Å². The number of likely N-dealkylation sites (tertiary alicyclic amines) is 1. The van der Waals surface area contributed by atoms with Gasteiger partial charge in [-0.1, -0.05) is 50.2 Å². The number of carbonyl (C=O) groups is 2. The van der Waals surface area contributed by atoms with Gasteiger partial charge < -0.3 is 24.5 Å². The fourth-order valence-corrected chi connectivity index (χ4v) is 5.00. The molecule has 3 aromatic carbocycles. The first-order chi connectivity index (χ1) is 19.2. The van der Waals surface area contributed by atoms with Gasteiger partial charge in [-0.05, 0) is 73.1 Å². The third-order valence-corrected chi connectivity index (χ3v) is 7.60. The third-order valence-electron chi connectivity index (χ3n) is 7.60. The molecular weight excluding hydrogens is 502 g/mol. The Morgan fingerprint density at radius 1 is 0.925 bits per heavy atom. The Kier molecular flexibility index (Phi) is 9.27. The summed E-state index contributed by atoms with van der Waals surface area (Å²) in [6.45, 7) is 9.34. The summed E-state index contributed by atoms with van der Waals surface area (Å²) >= 11 is 0. The summed E-state index contributed by atoms with van der Waals surface area (Å²) in [5.41, 5.74) is 4.60. The molecule has 1 unspecified atom stereocenters. The van der Waals surface area contributed by atoms with Crippen LogP contribution in [0, 0.1) is 6.92 Å². The minimum absolute atomic E-state index is 0.107. The van der Waals surface area contributed by atoms with Crippen LogP contribution in [-0.2, 0) is 16.2 Å². The van der Waals surface area contributed by atoms with Gasteiger partial charge in [0.2, 0.25) is 0 Å². The number of benzene rings is 3. The largest absolute Gasteiger partial charge is 0.507 e. The zero-order valence-electron chi connectivity index (χ0n) is 24.1. The van der Waals surface area contributed by atoms with Crippen molar-refractivity contribution in [3.05, 3.63) is 101 Å². The van der Waals surface area contributed by atoms with Gasteiger partial charge >= 0.3 is 0 Å². The summed E-state index contributed by atoms with van der Waals surface area (Å²) in [6.07, 6.45) is 0. The number of likely N-dealkylation sites (N-methyl/N-ethyl adjacent to an activating group) is 1. The first-order valence-electron chi connectivity index (χ1n) is 13.8. The summed E-state index contributed by atoms with van der Waals surface area (Å²) in [7, 11) is 3.92. The molecule has 0 aromatic heterocycles. The highest BCUT2D eigenvalue weighted by Crippen LogP contribution is 2.40. The molecule has 7 nitrogen and oxygen atoms in total. The van der Waals surface area contributed by atoms with Crippen molar-refractivity contribution in [2.45, 2.75) is 33.4 Å². The van der Waals surface area contributed by atoms with E-state index in [1.807, 2.05) is 74.4 Å². The Balaban J connectivity index is 1.66. The predicted molar refractivity (Wildman–Crippen MR) is 160 cm³/mol. The van der Waals surface area contributed by atoms with Gasteiger partial charge in [0.1, 0.15) is 18.1 Å². The molecule has 1 heterocycles. The van der Waals surface area contributed by atoms with E-state index in [0.29, 0.717) is 31.0 Å². The Labute approximate surface area is 237 Å². The van der Waals surface area contributed by atoms with Crippen molar-refractivity contribution in [1.29, 1.82) is 0 Å². The first kappa shape index (κ1) is 28.9. The van der Waals surface area contributed by atoms with Crippen LogP contribution in [-0.4, -0.2) is 66.9 Å². The average molecular weight is 542 g/mol. The molecule has 1 N–H and O–H groups in total. The number of hydrogen-bond acceptors (Lipinski definition) is 6. The summed E-state index contributed by atoms with van der Waals surface area (Å²) in [6, 6.07) is 22.1. The Hall–Kier alpha value is -4.10. The maximum atomic E-state index is 13.4. The second-order valence-electron chi connectivity index (χ2n) is 10.2. The van der Waals surface area contributed by atoms with Crippen LogP contribution >= 0.6 is 0 Å². The lowest BCUT2D eigenvalue weighted by Crippen LogP contribution is -2.38. The Morgan fingerprint density at radius 2 is 1.57 bits per heavy atom. The molecule has 0 aliphatic carbocycles. The van der Waals surface area contributed by atoms with E-state index in [4.69, 9.17) is 4.74 Å². The van der Waals surface area contributed by atoms with Crippen LogP contribution in [0.5, 0.6) is 5.75 Å². The van der Waals surface area contributed by atoms with Gasteiger partial charge in [0.15, 0.2) is 0 Å². The van der Waals surface area contributed by atoms with Crippen LogP contribution in [0.25, 0.3) is 5.76 Å². The molecule has 1 aliphatic rings. The van der Waals surface area contributed by atoms with Gasteiger partial charge in [-0.3, -0.25) is 9.59 Å². The molecule has 210 valence electrons. The van der Waals surface area contributed by atoms with E-state index in [-0.39, 0.29) is 11.3 Å². The average Bonchev–Trinajstić information content (AvgIpc) is 3.22. The number of Topliss-reactive ketones (excluding diaryl/α,β-unsaturated/α-hetero) is 1. The van der Waals surface area contributed by atoms with Crippen LogP contribution in [0.4, 0.5) is 5.69 Å². The van der Waals surface area contributed by atoms with Crippen LogP contribution in [0.1, 0.15) is 42.1 Å². The van der Waals surface area contributed by atoms with E-state index >= 15 is 0 Å². The molecule has 1 aliphatic heterocycles. The molecule has 3 aromatic rings. The number of nitrogens with zero attached hydrogens (tertiary/aromatic N) is 3. The molecule has 7 heteroatoms. The maximum Gasteiger partial charge on any atom is 0.295 e. The van der Waals surface area contributed by atoms with Crippen molar-refractivity contribution in [3.8, 4) is 5.75 Å². The quantitative estimate of drug-likeness (QED) is 0.199. The van der Waals surface area contributed by atoms with Crippen molar-refractivity contribution in [3.63, 3.8) is 0 Å². The van der Waals surface area contributed by atoms with Crippen molar-refractivity contribution in [2.24, 2.45) is 0 Å². The number of aliphatic hydroxyl groups is 1. The molecular formula is C33H39N3O4. The molecule has 1 saturated heterocycles. The Morgan fingerprint density at radius 3 is 2.17 bits per heavy atom. The zero-order valence-corrected chi connectivity index (χ0v) is 24.1. The molecule has 0 spiro atoms.